The Kier molecular flexibility index (Phi) is 11.7. The molecule has 0 rings (SSSR count). The van der Waals surface area contributed by atoms with E-state index in [1.807, 2.05) is 19.6 Å². The maximum atomic E-state index is 11.5. The van der Waals surface area contributed by atoms with Crippen LogP contribution in [-0.2, 0) is 29.5 Å². The van der Waals surface area contributed by atoms with Gasteiger partial charge in [-0.25, -0.2) is 0 Å². The number of rotatable bonds is 15. The SMILES string of the molecule is C[Si](C)(C)O[Si](C)(O[Si](C)(C)C)O[Si](C)(CCC(=O)O)O[Si](C)(O[Si](C)(C)C)O[Si](C)(C)C. The predicted octanol–water partition coefficient (Wildman–Crippen LogP) is 6.11. The molecule has 0 atom stereocenters. The minimum atomic E-state index is -3.15. The second-order valence-electron chi connectivity index (χ2n) is 12.8. The number of hydrogen-bond donors (Lipinski definition) is 1. The van der Waals surface area contributed by atoms with Crippen LogP contribution in [0.5, 0.6) is 0 Å². The lowest BCUT2D eigenvalue weighted by atomic mass is 10.5. The van der Waals surface area contributed by atoms with Crippen molar-refractivity contribution in [2.45, 2.75) is 111 Å². The third-order valence-corrected chi connectivity index (χ3v) is 26.9. The summed E-state index contributed by atoms with van der Waals surface area (Å²) >= 11 is 0. The summed E-state index contributed by atoms with van der Waals surface area (Å²) in [6.45, 7) is 31.0. The smallest absolute Gasteiger partial charge is 0.467 e. The monoisotopic (exact) mass is 590 g/mol. The average Bonchev–Trinajstić information content (AvgIpc) is 2.34. The van der Waals surface area contributed by atoms with E-state index in [1.165, 1.54) is 0 Å². The Morgan fingerprint density at radius 3 is 0.939 bits per heavy atom. The summed E-state index contributed by atoms with van der Waals surface area (Å²) in [5, 5.41) is 9.46. The van der Waals surface area contributed by atoms with Crippen molar-refractivity contribution in [3.63, 3.8) is 0 Å². The third kappa shape index (κ3) is 16.9. The van der Waals surface area contributed by atoms with Crippen molar-refractivity contribution in [3.8, 4) is 0 Å². The molecule has 0 bridgehead atoms. The lowest BCUT2D eigenvalue weighted by Crippen LogP contribution is -2.65. The van der Waals surface area contributed by atoms with Crippen LogP contribution >= 0.6 is 0 Å². The van der Waals surface area contributed by atoms with Crippen molar-refractivity contribution in [2.24, 2.45) is 0 Å². The van der Waals surface area contributed by atoms with E-state index in [-0.39, 0.29) is 12.5 Å². The second-order valence-corrected chi connectivity index (χ2v) is 40.8. The standard InChI is InChI=1S/C18H50O8Si7/c1-27(2,3)21-32(14,22-28(4,5)6)25-31(13,17-16-18(19)20)26-33(15,23-29(7,8)9)24-30(10,11)12/h16-17H2,1-15H3,(H,19,20). The van der Waals surface area contributed by atoms with Crippen molar-refractivity contribution in [2.75, 3.05) is 0 Å². The van der Waals surface area contributed by atoms with E-state index in [2.05, 4.69) is 78.6 Å². The number of hydrogen-bond acceptors (Lipinski definition) is 7. The van der Waals surface area contributed by atoms with E-state index < -0.39 is 65.4 Å². The first-order valence-corrected chi connectivity index (χ1v) is 32.2. The molecule has 0 heterocycles. The summed E-state index contributed by atoms with van der Waals surface area (Å²) in [4.78, 5) is 11.5. The Balaban J connectivity index is 6.37. The van der Waals surface area contributed by atoms with Gasteiger partial charge >= 0.3 is 32.1 Å². The van der Waals surface area contributed by atoms with Gasteiger partial charge in [0, 0.05) is 25.6 Å². The van der Waals surface area contributed by atoms with Crippen molar-refractivity contribution in [1.29, 1.82) is 0 Å². The van der Waals surface area contributed by atoms with E-state index in [1.54, 1.807) is 0 Å². The molecular weight excluding hydrogens is 541 g/mol. The van der Waals surface area contributed by atoms with Gasteiger partial charge in [0.05, 0.1) is 0 Å². The first-order valence-electron chi connectivity index (χ1n) is 11.6. The molecule has 0 saturated carbocycles. The fourth-order valence-corrected chi connectivity index (χ4v) is 32.9. The molecule has 33 heavy (non-hydrogen) atoms. The lowest BCUT2D eigenvalue weighted by Gasteiger charge is -2.46. The molecule has 0 aromatic heterocycles. The lowest BCUT2D eigenvalue weighted by molar-refractivity contribution is -0.136. The minimum Gasteiger partial charge on any atom is -0.481 e. The summed E-state index contributed by atoms with van der Waals surface area (Å²) in [6, 6.07) is 0.266. The molecule has 0 saturated heterocycles. The number of carboxylic acids is 1. The highest BCUT2D eigenvalue weighted by molar-refractivity contribution is 6.92. The molecule has 0 aromatic rings. The van der Waals surface area contributed by atoms with Crippen LogP contribution in [0.4, 0.5) is 0 Å². The van der Waals surface area contributed by atoms with E-state index >= 15 is 0 Å². The van der Waals surface area contributed by atoms with Crippen molar-refractivity contribution >= 4 is 65.4 Å². The Morgan fingerprint density at radius 2 is 0.758 bits per heavy atom. The van der Waals surface area contributed by atoms with Crippen LogP contribution < -0.4 is 0 Å². The highest BCUT2D eigenvalue weighted by Gasteiger charge is 2.55. The summed E-state index contributed by atoms with van der Waals surface area (Å²) in [5.41, 5.74) is 0. The Labute approximate surface area is 210 Å². The Hall–Kier alpha value is 0.748. The molecule has 0 unspecified atom stereocenters. The van der Waals surface area contributed by atoms with Gasteiger partial charge in [-0.2, -0.15) is 0 Å². The van der Waals surface area contributed by atoms with Gasteiger partial charge in [0.15, 0.2) is 33.3 Å². The molecule has 8 nitrogen and oxygen atoms in total. The number of aliphatic carboxylic acids is 1. The molecule has 1 N–H and O–H groups in total. The van der Waals surface area contributed by atoms with Crippen LogP contribution in [0, 0.1) is 0 Å². The average molecular weight is 591 g/mol. The summed E-state index contributed by atoms with van der Waals surface area (Å²) in [7, 11) is -17.5. The molecule has 0 aromatic carbocycles. The van der Waals surface area contributed by atoms with Gasteiger partial charge in [0.1, 0.15) is 0 Å². The van der Waals surface area contributed by atoms with Crippen LogP contribution in [0.15, 0.2) is 0 Å². The van der Waals surface area contributed by atoms with Gasteiger partial charge in [-0.1, -0.05) is 0 Å². The number of carboxylic acid groups (broad SMARTS) is 1. The molecule has 0 aliphatic rings. The molecule has 15 heteroatoms. The first kappa shape index (κ1) is 33.7. The van der Waals surface area contributed by atoms with Gasteiger partial charge < -0.3 is 29.8 Å². The summed E-state index contributed by atoms with van der Waals surface area (Å²) in [6.07, 6.45) is -0.0581. The van der Waals surface area contributed by atoms with Gasteiger partial charge in [0.2, 0.25) is 0 Å². The molecule has 0 radical (unpaired) electrons. The van der Waals surface area contributed by atoms with Crippen LogP contribution in [0.1, 0.15) is 6.42 Å². The third-order valence-electron chi connectivity index (χ3n) is 3.56. The van der Waals surface area contributed by atoms with E-state index in [0.717, 1.165) is 0 Å². The van der Waals surface area contributed by atoms with Crippen molar-refractivity contribution in [1.82, 2.24) is 0 Å². The maximum Gasteiger partial charge on any atom is 0.467 e. The van der Waals surface area contributed by atoms with Crippen LogP contribution in [-0.4, -0.2) is 70.5 Å². The highest BCUT2D eigenvalue weighted by Crippen LogP contribution is 2.33. The normalized spacial score (nSPS) is 15.1. The zero-order valence-corrected chi connectivity index (χ0v) is 30.7. The topological polar surface area (TPSA) is 92.7 Å². The molecule has 0 aliphatic heterocycles. The molecule has 0 fully saturated rings. The van der Waals surface area contributed by atoms with Crippen LogP contribution in [0.2, 0.25) is 104 Å². The minimum absolute atomic E-state index is 0.0581. The van der Waals surface area contributed by atoms with Crippen LogP contribution in [0.3, 0.4) is 0 Å². The van der Waals surface area contributed by atoms with E-state index in [4.69, 9.17) is 24.7 Å². The largest absolute Gasteiger partial charge is 0.481 e. The van der Waals surface area contributed by atoms with Crippen LogP contribution in [0.25, 0.3) is 0 Å². The van der Waals surface area contributed by atoms with Gasteiger partial charge in [0.25, 0.3) is 0 Å². The first-order chi connectivity index (χ1) is 14.2. The zero-order chi connectivity index (χ0) is 26.7. The number of carbonyl (C=O) groups is 1. The Morgan fingerprint density at radius 1 is 0.515 bits per heavy atom. The molecule has 0 aliphatic carbocycles. The summed E-state index contributed by atoms with van der Waals surface area (Å²) in [5.74, 6) is -0.887. The quantitative estimate of drug-likeness (QED) is 0.228. The second kappa shape index (κ2) is 11.4. The molecule has 0 amide bonds. The summed E-state index contributed by atoms with van der Waals surface area (Å²) < 4.78 is 39.7. The van der Waals surface area contributed by atoms with Crippen molar-refractivity contribution < 1.29 is 34.6 Å². The molecule has 0 spiro atoms. The molecule has 198 valence electrons. The van der Waals surface area contributed by atoms with E-state index in [9.17, 15) is 9.90 Å². The maximum absolute atomic E-state index is 11.5. The van der Waals surface area contributed by atoms with Gasteiger partial charge in [-0.3, -0.25) is 4.79 Å². The highest BCUT2D eigenvalue weighted by atomic mass is 28.5. The predicted molar refractivity (Wildman–Crippen MR) is 152 cm³/mol. The Bertz CT molecular complexity index is 574. The molecular formula is C18H50O8Si7. The van der Waals surface area contributed by atoms with Crippen molar-refractivity contribution in [3.05, 3.63) is 0 Å². The van der Waals surface area contributed by atoms with Gasteiger partial charge in [-0.15, -0.1) is 0 Å². The van der Waals surface area contributed by atoms with E-state index in [0.29, 0.717) is 0 Å². The fraction of sp³-hybridized carbons (Fsp3) is 0.944. The zero-order valence-electron chi connectivity index (χ0n) is 23.7. The fourth-order valence-electron chi connectivity index (χ4n) is 3.59. The van der Waals surface area contributed by atoms with Gasteiger partial charge in [-0.05, 0) is 85.1 Å².